The molecule has 0 bridgehead atoms. The molecule has 1 unspecified atom stereocenters. The van der Waals surface area contributed by atoms with Crippen molar-refractivity contribution in [2.24, 2.45) is 0 Å². The summed E-state index contributed by atoms with van der Waals surface area (Å²) in [5.74, 6) is 1.21. The average molecular weight is 201 g/mol. The topological polar surface area (TPSA) is 32.3 Å². The van der Waals surface area contributed by atoms with Crippen molar-refractivity contribution in [2.75, 3.05) is 12.3 Å². The van der Waals surface area contributed by atoms with Crippen molar-refractivity contribution in [3.8, 4) is 0 Å². The van der Waals surface area contributed by atoms with Crippen LogP contribution in [0.3, 0.4) is 0 Å². The zero-order valence-electron chi connectivity index (χ0n) is 8.09. The summed E-state index contributed by atoms with van der Waals surface area (Å²) < 4.78 is 0. The Morgan fingerprint density at radius 3 is 2.69 bits per heavy atom. The molecule has 1 aliphatic heterocycles. The molecule has 0 aromatic carbocycles. The van der Waals surface area contributed by atoms with Crippen LogP contribution in [0.2, 0.25) is 0 Å². The first-order valence-electron chi connectivity index (χ1n) is 5.36. The molecule has 1 saturated carbocycles. The first kappa shape index (κ1) is 9.81. The van der Waals surface area contributed by atoms with Gasteiger partial charge < -0.3 is 10.4 Å². The maximum Gasteiger partial charge on any atom is 0.0670 e. The summed E-state index contributed by atoms with van der Waals surface area (Å²) in [7, 11) is 0. The van der Waals surface area contributed by atoms with Crippen LogP contribution < -0.4 is 5.32 Å². The van der Waals surface area contributed by atoms with Crippen molar-refractivity contribution in [3.05, 3.63) is 0 Å². The molecule has 1 aliphatic carbocycles. The van der Waals surface area contributed by atoms with Crippen LogP contribution in [-0.4, -0.2) is 28.4 Å². The second-order valence-electron chi connectivity index (χ2n) is 4.30. The molecule has 76 valence electrons. The quantitative estimate of drug-likeness (QED) is 0.713. The van der Waals surface area contributed by atoms with E-state index in [0.717, 1.165) is 25.8 Å². The molecule has 2 fully saturated rings. The van der Waals surface area contributed by atoms with Crippen molar-refractivity contribution >= 4 is 11.8 Å². The third kappa shape index (κ3) is 2.61. The molecule has 3 heteroatoms. The smallest absolute Gasteiger partial charge is 0.0670 e. The number of thioether (sulfide) groups is 1. The minimum absolute atomic E-state index is 0.340. The van der Waals surface area contributed by atoms with Gasteiger partial charge in [0.2, 0.25) is 0 Å². The Morgan fingerprint density at radius 2 is 2.08 bits per heavy atom. The molecule has 13 heavy (non-hydrogen) atoms. The van der Waals surface area contributed by atoms with E-state index in [2.05, 4.69) is 5.32 Å². The Hall–Kier alpha value is 0.270. The van der Waals surface area contributed by atoms with Gasteiger partial charge in [0.05, 0.1) is 11.0 Å². The Morgan fingerprint density at radius 1 is 1.31 bits per heavy atom. The summed E-state index contributed by atoms with van der Waals surface area (Å²) in [6, 6.07) is 0. The average Bonchev–Trinajstić information content (AvgIpc) is 2.57. The normalized spacial score (nSPS) is 33.5. The Balaban J connectivity index is 1.83. The standard InChI is InChI=1S/C10H19NOS/c12-10(4-2-1-3-5-10)8-9-11-6-7-13-9/h9,11-12H,1-8H2. The van der Waals surface area contributed by atoms with Crippen LogP contribution in [0.4, 0.5) is 0 Å². The van der Waals surface area contributed by atoms with Gasteiger partial charge in [0.15, 0.2) is 0 Å². The van der Waals surface area contributed by atoms with Crippen LogP contribution in [0.1, 0.15) is 38.5 Å². The Bertz CT molecular complexity index is 162. The molecule has 2 rings (SSSR count). The molecule has 1 heterocycles. The van der Waals surface area contributed by atoms with Crippen molar-refractivity contribution in [2.45, 2.75) is 49.5 Å². The van der Waals surface area contributed by atoms with Crippen LogP contribution in [0.5, 0.6) is 0 Å². The summed E-state index contributed by atoms with van der Waals surface area (Å²) in [6.45, 7) is 1.12. The van der Waals surface area contributed by atoms with Crippen molar-refractivity contribution in [3.63, 3.8) is 0 Å². The second kappa shape index (κ2) is 4.20. The lowest BCUT2D eigenvalue weighted by Gasteiger charge is -2.33. The third-order valence-corrected chi connectivity index (χ3v) is 4.32. The highest BCUT2D eigenvalue weighted by molar-refractivity contribution is 8.00. The zero-order chi connectivity index (χ0) is 9.15. The van der Waals surface area contributed by atoms with E-state index in [1.807, 2.05) is 11.8 Å². The first-order valence-corrected chi connectivity index (χ1v) is 6.41. The van der Waals surface area contributed by atoms with E-state index < -0.39 is 0 Å². The Labute approximate surface area is 84.5 Å². The maximum atomic E-state index is 10.3. The van der Waals surface area contributed by atoms with Crippen molar-refractivity contribution in [1.82, 2.24) is 5.32 Å². The van der Waals surface area contributed by atoms with Gasteiger partial charge in [-0.15, -0.1) is 11.8 Å². The lowest BCUT2D eigenvalue weighted by molar-refractivity contribution is -0.00516. The fourth-order valence-corrected chi connectivity index (χ4v) is 3.55. The highest BCUT2D eigenvalue weighted by Gasteiger charge is 2.33. The molecule has 1 saturated heterocycles. The molecule has 0 spiro atoms. The van der Waals surface area contributed by atoms with Crippen LogP contribution in [0.25, 0.3) is 0 Å². The molecule has 2 N–H and O–H groups in total. The minimum atomic E-state index is -0.340. The van der Waals surface area contributed by atoms with Crippen molar-refractivity contribution in [1.29, 1.82) is 0 Å². The second-order valence-corrected chi connectivity index (χ2v) is 5.61. The monoisotopic (exact) mass is 201 g/mol. The van der Waals surface area contributed by atoms with Crippen LogP contribution in [0, 0.1) is 0 Å². The fraction of sp³-hybridized carbons (Fsp3) is 1.00. The first-order chi connectivity index (χ1) is 6.29. The summed E-state index contributed by atoms with van der Waals surface area (Å²) in [5.41, 5.74) is -0.340. The molecule has 0 radical (unpaired) electrons. The highest BCUT2D eigenvalue weighted by Crippen LogP contribution is 2.34. The van der Waals surface area contributed by atoms with Gasteiger partial charge in [0.25, 0.3) is 0 Å². The van der Waals surface area contributed by atoms with Crippen LogP contribution >= 0.6 is 11.8 Å². The zero-order valence-corrected chi connectivity index (χ0v) is 8.91. The highest BCUT2D eigenvalue weighted by atomic mass is 32.2. The number of hydrogen-bond acceptors (Lipinski definition) is 3. The number of hydrogen-bond donors (Lipinski definition) is 2. The number of rotatable bonds is 2. The van der Waals surface area contributed by atoms with Gasteiger partial charge >= 0.3 is 0 Å². The summed E-state index contributed by atoms with van der Waals surface area (Å²) in [6.07, 6.45) is 6.74. The van der Waals surface area contributed by atoms with Crippen molar-refractivity contribution < 1.29 is 5.11 Å². The predicted molar refractivity (Wildman–Crippen MR) is 56.9 cm³/mol. The molecule has 2 aliphatic rings. The number of nitrogens with one attached hydrogen (secondary N) is 1. The summed E-state index contributed by atoms with van der Waals surface area (Å²) >= 11 is 1.96. The SMILES string of the molecule is OC1(CC2NCCS2)CCCCC1. The van der Waals surface area contributed by atoms with E-state index in [0.29, 0.717) is 5.37 Å². The van der Waals surface area contributed by atoms with Gasteiger partial charge in [0, 0.05) is 18.7 Å². The lowest BCUT2D eigenvalue weighted by atomic mass is 9.82. The maximum absolute atomic E-state index is 10.3. The molecule has 0 aromatic heterocycles. The minimum Gasteiger partial charge on any atom is -0.390 e. The third-order valence-electron chi connectivity index (χ3n) is 3.14. The van der Waals surface area contributed by atoms with E-state index in [4.69, 9.17) is 0 Å². The van der Waals surface area contributed by atoms with E-state index >= 15 is 0 Å². The molecule has 0 aromatic rings. The molecule has 2 nitrogen and oxygen atoms in total. The van der Waals surface area contributed by atoms with Crippen LogP contribution in [0.15, 0.2) is 0 Å². The molecular weight excluding hydrogens is 182 g/mol. The van der Waals surface area contributed by atoms with Gasteiger partial charge in [0.1, 0.15) is 0 Å². The Kier molecular flexibility index (Phi) is 3.17. The fourth-order valence-electron chi connectivity index (χ4n) is 2.37. The van der Waals surface area contributed by atoms with Gasteiger partial charge in [-0.1, -0.05) is 19.3 Å². The van der Waals surface area contributed by atoms with E-state index in [9.17, 15) is 5.11 Å². The lowest BCUT2D eigenvalue weighted by Crippen LogP contribution is -2.37. The predicted octanol–water partition coefficient (Wildman–Crippen LogP) is 1.73. The van der Waals surface area contributed by atoms with E-state index in [1.165, 1.54) is 25.0 Å². The van der Waals surface area contributed by atoms with E-state index in [1.54, 1.807) is 0 Å². The van der Waals surface area contributed by atoms with E-state index in [-0.39, 0.29) is 5.60 Å². The van der Waals surface area contributed by atoms with Gasteiger partial charge in [-0.05, 0) is 12.8 Å². The van der Waals surface area contributed by atoms with Gasteiger partial charge in [-0.3, -0.25) is 0 Å². The summed E-state index contributed by atoms with van der Waals surface area (Å²) in [4.78, 5) is 0. The van der Waals surface area contributed by atoms with Crippen LogP contribution in [-0.2, 0) is 0 Å². The molecule has 0 amide bonds. The number of aliphatic hydroxyl groups is 1. The molecule has 1 atom stereocenters. The van der Waals surface area contributed by atoms with Gasteiger partial charge in [-0.25, -0.2) is 0 Å². The largest absolute Gasteiger partial charge is 0.390 e. The van der Waals surface area contributed by atoms with Gasteiger partial charge in [-0.2, -0.15) is 0 Å². The molecular formula is C10H19NOS. The summed E-state index contributed by atoms with van der Waals surface area (Å²) in [5, 5.41) is 14.2.